The van der Waals surface area contributed by atoms with Gasteiger partial charge in [0, 0.05) is 32.9 Å². The lowest BCUT2D eigenvalue weighted by Crippen LogP contribution is -2.42. The van der Waals surface area contributed by atoms with Crippen molar-refractivity contribution in [1.29, 1.82) is 0 Å². The molecule has 0 unspecified atom stereocenters. The molecule has 0 bridgehead atoms. The molecule has 1 heterocycles. The number of amides is 1. The lowest BCUT2D eigenvalue weighted by Gasteiger charge is -2.31. The van der Waals surface area contributed by atoms with E-state index >= 15 is 0 Å². The molecule has 82 valence electrons. The van der Waals surface area contributed by atoms with E-state index in [0.717, 1.165) is 26.1 Å². The zero-order chi connectivity index (χ0) is 10.4. The molecular formula is C10H19NO3. The largest absolute Gasteiger partial charge is 0.381 e. The van der Waals surface area contributed by atoms with Gasteiger partial charge in [-0.1, -0.05) is 0 Å². The van der Waals surface area contributed by atoms with Gasteiger partial charge >= 0.3 is 0 Å². The Bertz CT molecular complexity index is 178. The second-order valence-corrected chi connectivity index (χ2v) is 3.49. The minimum atomic E-state index is 0.0683. The summed E-state index contributed by atoms with van der Waals surface area (Å²) in [5.74, 6) is 0.0683. The standard InChI is InChI=1S/C10H19NO3/c1-3-13-8-10(12)11(2)9-4-6-14-7-5-9/h9H,3-8H2,1-2H3. The van der Waals surface area contributed by atoms with Gasteiger partial charge in [-0.3, -0.25) is 4.79 Å². The molecule has 0 radical (unpaired) electrons. The number of ether oxygens (including phenoxy) is 2. The van der Waals surface area contributed by atoms with Gasteiger partial charge in [-0.15, -0.1) is 0 Å². The fourth-order valence-corrected chi connectivity index (χ4v) is 1.57. The van der Waals surface area contributed by atoms with Crippen LogP contribution in [0.3, 0.4) is 0 Å². The van der Waals surface area contributed by atoms with E-state index in [4.69, 9.17) is 9.47 Å². The summed E-state index contributed by atoms with van der Waals surface area (Å²) in [6.45, 7) is 4.20. The Morgan fingerprint density at radius 1 is 1.50 bits per heavy atom. The highest BCUT2D eigenvalue weighted by atomic mass is 16.5. The molecule has 0 atom stereocenters. The maximum Gasteiger partial charge on any atom is 0.248 e. The molecule has 0 aromatic rings. The summed E-state index contributed by atoms with van der Waals surface area (Å²) < 4.78 is 10.3. The molecular weight excluding hydrogens is 182 g/mol. The van der Waals surface area contributed by atoms with Crippen LogP contribution in [0.2, 0.25) is 0 Å². The molecule has 1 fully saturated rings. The van der Waals surface area contributed by atoms with Gasteiger partial charge in [0.05, 0.1) is 0 Å². The fraction of sp³-hybridized carbons (Fsp3) is 0.900. The molecule has 4 heteroatoms. The first-order valence-corrected chi connectivity index (χ1v) is 5.17. The Hall–Kier alpha value is -0.610. The summed E-state index contributed by atoms with van der Waals surface area (Å²) in [7, 11) is 1.84. The van der Waals surface area contributed by atoms with E-state index in [-0.39, 0.29) is 12.5 Å². The second-order valence-electron chi connectivity index (χ2n) is 3.49. The van der Waals surface area contributed by atoms with Crippen LogP contribution in [-0.4, -0.2) is 50.3 Å². The van der Waals surface area contributed by atoms with Crippen molar-refractivity contribution in [3.63, 3.8) is 0 Å². The van der Waals surface area contributed by atoms with E-state index in [1.165, 1.54) is 0 Å². The summed E-state index contributed by atoms with van der Waals surface area (Å²) in [6, 6.07) is 0.330. The van der Waals surface area contributed by atoms with Gasteiger partial charge in [-0.05, 0) is 19.8 Å². The van der Waals surface area contributed by atoms with Crippen molar-refractivity contribution in [1.82, 2.24) is 4.90 Å². The minimum Gasteiger partial charge on any atom is -0.381 e. The first kappa shape index (κ1) is 11.5. The molecule has 0 spiro atoms. The van der Waals surface area contributed by atoms with Gasteiger partial charge in [-0.25, -0.2) is 0 Å². The van der Waals surface area contributed by atoms with Crippen LogP contribution >= 0.6 is 0 Å². The Labute approximate surface area is 85.2 Å². The minimum absolute atomic E-state index is 0.0683. The number of nitrogens with zero attached hydrogens (tertiary/aromatic N) is 1. The van der Waals surface area contributed by atoms with E-state index in [0.29, 0.717) is 12.6 Å². The summed E-state index contributed by atoms with van der Waals surface area (Å²) >= 11 is 0. The third kappa shape index (κ3) is 3.27. The van der Waals surface area contributed by atoms with Crippen LogP contribution in [0.25, 0.3) is 0 Å². The molecule has 14 heavy (non-hydrogen) atoms. The van der Waals surface area contributed by atoms with E-state index in [2.05, 4.69) is 0 Å². The lowest BCUT2D eigenvalue weighted by atomic mass is 10.1. The molecule has 1 rings (SSSR count). The van der Waals surface area contributed by atoms with Crippen LogP contribution in [-0.2, 0) is 14.3 Å². The Kier molecular flexibility index (Phi) is 4.90. The molecule has 4 nitrogen and oxygen atoms in total. The molecule has 1 amide bonds. The van der Waals surface area contributed by atoms with Crippen molar-refractivity contribution < 1.29 is 14.3 Å². The third-order valence-electron chi connectivity index (χ3n) is 2.56. The molecule has 0 N–H and O–H groups in total. The van der Waals surface area contributed by atoms with Gasteiger partial charge in [-0.2, -0.15) is 0 Å². The van der Waals surface area contributed by atoms with Crippen LogP contribution < -0.4 is 0 Å². The van der Waals surface area contributed by atoms with Crippen LogP contribution in [0, 0.1) is 0 Å². The number of hydrogen-bond donors (Lipinski definition) is 0. The van der Waals surface area contributed by atoms with Crippen molar-refractivity contribution in [2.24, 2.45) is 0 Å². The van der Waals surface area contributed by atoms with Crippen molar-refractivity contribution in [2.45, 2.75) is 25.8 Å². The van der Waals surface area contributed by atoms with Crippen LogP contribution in [0.15, 0.2) is 0 Å². The van der Waals surface area contributed by atoms with E-state index in [1.54, 1.807) is 4.90 Å². The number of carbonyl (C=O) groups excluding carboxylic acids is 1. The highest BCUT2D eigenvalue weighted by Gasteiger charge is 2.21. The molecule has 1 saturated heterocycles. The Balaban J connectivity index is 2.30. The molecule has 1 aliphatic heterocycles. The average molecular weight is 201 g/mol. The number of likely N-dealkylation sites (N-methyl/N-ethyl adjacent to an activating group) is 1. The molecule has 0 aliphatic carbocycles. The van der Waals surface area contributed by atoms with Crippen LogP contribution in [0.5, 0.6) is 0 Å². The monoisotopic (exact) mass is 201 g/mol. The zero-order valence-corrected chi connectivity index (χ0v) is 8.99. The van der Waals surface area contributed by atoms with Gasteiger partial charge in [0.15, 0.2) is 0 Å². The van der Waals surface area contributed by atoms with E-state index < -0.39 is 0 Å². The van der Waals surface area contributed by atoms with Crippen LogP contribution in [0.1, 0.15) is 19.8 Å². The maximum atomic E-state index is 11.6. The number of rotatable bonds is 4. The first-order valence-electron chi connectivity index (χ1n) is 5.17. The predicted octanol–water partition coefficient (Wildman–Crippen LogP) is 0.660. The fourth-order valence-electron chi connectivity index (χ4n) is 1.57. The summed E-state index contributed by atoms with van der Waals surface area (Å²) in [6.07, 6.45) is 1.88. The van der Waals surface area contributed by atoms with E-state index in [1.807, 2.05) is 14.0 Å². The number of carbonyl (C=O) groups is 1. The van der Waals surface area contributed by atoms with Gasteiger partial charge in [0.25, 0.3) is 0 Å². The Morgan fingerprint density at radius 3 is 2.71 bits per heavy atom. The van der Waals surface area contributed by atoms with Crippen LogP contribution in [0.4, 0.5) is 0 Å². The molecule has 0 saturated carbocycles. The number of hydrogen-bond acceptors (Lipinski definition) is 3. The zero-order valence-electron chi connectivity index (χ0n) is 8.99. The summed E-state index contributed by atoms with van der Waals surface area (Å²) in [4.78, 5) is 13.4. The van der Waals surface area contributed by atoms with Crippen molar-refractivity contribution >= 4 is 5.91 Å². The SMILES string of the molecule is CCOCC(=O)N(C)C1CCOCC1. The van der Waals surface area contributed by atoms with Crippen molar-refractivity contribution in [3.05, 3.63) is 0 Å². The summed E-state index contributed by atoms with van der Waals surface area (Å²) in [5, 5.41) is 0. The topological polar surface area (TPSA) is 38.8 Å². The van der Waals surface area contributed by atoms with E-state index in [9.17, 15) is 4.79 Å². The molecule has 0 aromatic heterocycles. The van der Waals surface area contributed by atoms with Gasteiger partial charge in [0.1, 0.15) is 6.61 Å². The van der Waals surface area contributed by atoms with Gasteiger partial charge < -0.3 is 14.4 Å². The first-order chi connectivity index (χ1) is 6.75. The predicted molar refractivity (Wildman–Crippen MR) is 53.1 cm³/mol. The van der Waals surface area contributed by atoms with Gasteiger partial charge in [0.2, 0.25) is 5.91 Å². The van der Waals surface area contributed by atoms with Crippen molar-refractivity contribution in [2.75, 3.05) is 33.5 Å². The third-order valence-corrected chi connectivity index (χ3v) is 2.56. The second kappa shape index (κ2) is 5.98. The molecule has 0 aromatic carbocycles. The van der Waals surface area contributed by atoms with Crippen molar-refractivity contribution in [3.8, 4) is 0 Å². The maximum absolute atomic E-state index is 11.6. The highest BCUT2D eigenvalue weighted by Crippen LogP contribution is 2.12. The summed E-state index contributed by atoms with van der Waals surface area (Å²) in [5.41, 5.74) is 0. The lowest BCUT2D eigenvalue weighted by molar-refractivity contribution is -0.138. The Morgan fingerprint density at radius 2 is 2.14 bits per heavy atom. The smallest absolute Gasteiger partial charge is 0.248 e. The highest BCUT2D eigenvalue weighted by molar-refractivity contribution is 5.77. The molecule has 1 aliphatic rings. The normalized spacial score (nSPS) is 18.1. The average Bonchev–Trinajstić information content (AvgIpc) is 2.26. The quantitative estimate of drug-likeness (QED) is 0.670.